The molecule has 1 unspecified atom stereocenters. The Balaban J connectivity index is 2.15. The summed E-state index contributed by atoms with van der Waals surface area (Å²) >= 11 is 7.80. The number of benzene rings is 1. The van der Waals surface area contributed by atoms with Crippen molar-refractivity contribution >= 4 is 61.1 Å². The van der Waals surface area contributed by atoms with Gasteiger partial charge in [0.05, 0.1) is 5.39 Å². The summed E-state index contributed by atoms with van der Waals surface area (Å²) in [6.45, 7) is 0. The van der Waals surface area contributed by atoms with Crippen LogP contribution in [0.2, 0.25) is 5.15 Å². The SMILES string of the molecule is C[S+]([O-])c1ncc2c(Nc3cccc(Br)c3)nc(Cl)c(F)c2n1. The topological polar surface area (TPSA) is 73.8 Å². The molecule has 23 heavy (non-hydrogen) atoms. The average molecular weight is 416 g/mol. The van der Waals surface area contributed by atoms with Crippen molar-refractivity contribution in [3.05, 3.63) is 45.9 Å². The Kier molecular flexibility index (Phi) is 4.67. The van der Waals surface area contributed by atoms with Crippen molar-refractivity contribution in [2.45, 2.75) is 5.16 Å². The molecular weight excluding hydrogens is 407 g/mol. The van der Waals surface area contributed by atoms with Crippen molar-refractivity contribution < 1.29 is 8.94 Å². The number of hydrogen-bond acceptors (Lipinski definition) is 5. The van der Waals surface area contributed by atoms with Gasteiger partial charge in [-0.25, -0.2) is 9.37 Å². The molecule has 0 radical (unpaired) electrons. The largest absolute Gasteiger partial charge is 0.609 e. The van der Waals surface area contributed by atoms with Gasteiger partial charge < -0.3 is 9.87 Å². The summed E-state index contributed by atoms with van der Waals surface area (Å²) in [5.41, 5.74) is 0.710. The van der Waals surface area contributed by atoms with Crippen molar-refractivity contribution in [3.63, 3.8) is 0 Å². The van der Waals surface area contributed by atoms with Crippen LogP contribution >= 0.6 is 27.5 Å². The van der Waals surface area contributed by atoms with Crippen molar-refractivity contribution in [1.82, 2.24) is 15.0 Å². The van der Waals surface area contributed by atoms with E-state index in [0.717, 1.165) is 10.2 Å². The van der Waals surface area contributed by atoms with E-state index in [1.165, 1.54) is 12.5 Å². The molecule has 3 rings (SSSR count). The Morgan fingerprint density at radius 2 is 2.13 bits per heavy atom. The van der Waals surface area contributed by atoms with Gasteiger partial charge in [-0.1, -0.05) is 33.6 Å². The summed E-state index contributed by atoms with van der Waals surface area (Å²) in [5, 5.41) is 3.12. The molecule has 2 aromatic heterocycles. The molecule has 0 saturated heterocycles. The first-order chi connectivity index (χ1) is 11.0. The van der Waals surface area contributed by atoms with Crippen LogP contribution in [-0.2, 0) is 11.2 Å². The van der Waals surface area contributed by atoms with Gasteiger partial charge in [-0.15, -0.1) is 0 Å². The Labute approximate surface area is 147 Å². The number of nitrogens with zero attached hydrogens (tertiary/aromatic N) is 3. The normalized spacial score (nSPS) is 12.4. The van der Waals surface area contributed by atoms with E-state index in [0.29, 0.717) is 11.2 Å². The van der Waals surface area contributed by atoms with Gasteiger partial charge in [-0.05, 0) is 18.2 Å². The minimum Gasteiger partial charge on any atom is -0.609 e. The second-order valence-corrected chi connectivity index (χ2v) is 7.12. The van der Waals surface area contributed by atoms with Crippen LogP contribution in [0.4, 0.5) is 15.9 Å². The fraction of sp³-hybridized carbons (Fsp3) is 0.0714. The summed E-state index contributed by atoms with van der Waals surface area (Å²) in [6.07, 6.45) is 2.80. The second-order valence-electron chi connectivity index (χ2n) is 4.57. The highest BCUT2D eigenvalue weighted by atomic mass is 79.9. The molecule has 0 fully saturated rings. The molecule has 1 aromatic carbocycles. The molecule has 1 N–H and O–H groups in total. The smallest absolute Gasteiger partial charge is 0.343 e. The van der Waals surface area contributed by atoms with Crippen LogP contribution in [0.1, 0.15) is 0 Å². The van der Waals surface area contributed by atoms with E-state index in [1.54, 1.807) is 0 Å². The summed E-state index contributed by atoms with van der Waals surface area (Å²) in [7, 11) is 0. The van der Waals surface area contributed by atoms with Crippen LogP contribution < -0.4 is 5.32 Å². The third-order valence-electron chi connectivity index (χ3n) is 2.97. The minimum atomic E-state index is -1.43. The van der Waals surface area contributed by atoms with Crippen molar-refractivity contribution in [1.29, 1.82) is 0 Å². The lowest BCUT2D eigenvalue weighted by Crippen LogP contribution is -2.06. The minimum absolute atomic E-state index is 0.0253. The fourth-order valence-corrected chi connectivity index (χ4v) is 2.94. The molecule has 0 aliphatic rings. The predicted octanol–water partition coefficient (Wildman–Crippen LogP) is 4.06. The van der Waals surface area contributed by atoms with Gasteiger partial charge in [0.1, 0.15) is 17.6 Å². The number of anilines is 2. The molecule has 1 atom stereocenters. The quantitative estimate of drug-likeness (QED) is 0.397. The maximum atomic E-state index is 14.2. The molecule has 118 valence electrons. The van der Waals surface area contributed by atoms with E-state index >= 15 is 0 Å². The fourth-order valence-electron chi connectivity index (χ4n) is 1.95. The first-order valence-corrected chi connectivity index (χ1v) is 9.06. The molecular formula is C14H9BrClFN4OS. The molecule has 9 heteroatoms. The van der Waals surface area contributed by atoms with Gasteiger partial charge in [0, 0.05) is 27.5 Å². The van der Waals surface area contributed by atoms with Gasteiger partial charge >= 0.3 is 5.16 Å². The molecule has 0 aliphatic heterocycles. The van der Waals surface area contributed by atoms with Crippen LogP contribution in [0.5, 0.6) is 0 Å². The summed E-state index contributed by atoms with van der Waals surface area (Å²) in [4.78, 5) is 12.0. The van der Waals surface area contributed by atoms with Crippen LogP contribution in [-0.4, -0.2) is 25.8 Å². The lowest BCUT2D eigenvalue weighted by atomic mass is 10.2. The number of rotatable bonds is 3. The molecule has 0 bridgehead atoms. The number of halogens is 3. The van der Waals surface area contributed by atoms with E-state index in [1.807, 2.05) is 24.3 Å². The van der Waals surface area contributed by atoms with Crippen LogP contribution in [0.25, 0.3) is 10.9 Å². The number of hydrogen-bond donors (Lipinski definition) is 1. The standard InChI is InChI=1S/C14H9BrClFN4OS/c1-23(22)14-18-6-9-11(20-14)10(17)12(16)21-13(9)19-8-4-2-3-7(15)5-8/h2-6H,1H3,(H,19,21). The van der Waals surface area contributed by atoms with E-state index in [9.17, 15) is 8.94 Å². The predicted molar refractivity (Wildman–Crippen MR) is 92.1 cm³/mol. The summed E-state index contributed by atoms with van der Waals surface area (Å²) in [5.74, 6) is -0.450. The highest BCUT2D eigenvalue weighted by Crippen LogP contribution is 2.30. The number of fused-ring (bicyclic) bond motifs is 1. The summed E-state index contributed by atoms with van der Waals surface area (Å²) < 4.78 is 26.6. The number of aromatic nitrogens is 3. The van der Waals surface area contributed by atoms with E-state index in [4.69, 9.17) is 11.6 Å². The Morgan fingerprint density at radius 1 is 1.35 bits per heavy atom. The third kappa shape index (κ3) is 3.40. The number of nitrogens with one attached hydrogen (secondary N) is 1. The lowest BCUT2D eigenvalue weighted by molar-refractivity contribution is 0.591. The van der Waals surface area contributed by atoms with Gasteiger partial charge in [-0.3, -0.25) is 0 Å². The second kappa shape index (κ2) is 6.56. The molecule has 3 aromatic rings. The van der Waals surface area contributed by atoms with E-state index in [-0.39, 0.29) is 15.8 Å². The van der Waals surface area contributed by atoms with Gasteiger partial charge in [-0.2, -0.15) is 9.97 Å². The number of pyridine rings is 1. The highest BCUT2D eigenvalue weighted by molar-refractivity contribution is 9.10. The first kappa shape index (κ1) is 16.4. The van der Waals surface area contributed by atoms with Crippen LogP contribution in [0.3, 0.4) is 0 Å². The third-order valence-corrected chi connectivity index (χ3v) is 4.42. The monoisotopic (exact) mass is 414 g/mol. The van der Waals surface area contributed by atoms with Crippen molar-refractivity contribution in [3.8, 4) is 0 Å². The lowest BCUT2D eigenvalue weighted by Gasteiger charge is -2.11. The molecule has 0 amide bonds. The van der Waals surface area contributed by atoms with Gasteiger partial charge in [0.2, 0.25) is 0 Å². The Hall–Kier alpha value is -1.48. The molecule has 0 aliphatic carbocycles. The Morgan fingerprint density at radius 3 is 2.83 bits per heavy atom. The first-order valence-electron chi connectivity index (χ1n) is 6.33. The maximum Gasteiger partial charge on any atom is 0.343 e. The molecule has 0 spiro atoms. The van der Waals surface area contributed by atoms with Gasteiger partial charge in [0.15, 0.2) is 11.0 Å². The van der Waals surface area contributed by atoms with Crippen LogP contribution in [0.15, 0.2) is 40.1 Å². The van der Waals surface area contributed by atoms with Gasteiger partial charge in [0.25, 0.3) is 0 Å². The maximum absolute atomic E-state index is 14.2. The van der Waals surface area contributed by atoms with E-state index in [2.05, 4.69) is 36.2 Å². The van der Waals surface area contributed by atoms with Crippen LogP contribution in [0, 0.1) is 5.82 Å². The zero-order valence-corrected chi connectivity index (χ0v) is 14.8. The van der Waals surface area contributed by atoms with E-state index < -0.39 is 17.0 Å². The molecule has 5 nitrogen and oxygen atoms in total. The summed E-state index contributed by atoms with van der Waals surface area (Å²) in [6, 6.07) is 7.38. The average Bonchev–Trinajstić information content (AvgIpc) is 2.52. The highest BCUT2D eigenvalue weighted by Gasteiger charge is 2.18. The zero-order chi connectivity index (χ0) is 16.6. The Bertz CT molecular complexity index is 896. The van der Waals surface area contributed by atoms with Crippen molar-refractivity contribution in [2.24, 2.45) is 0 Å². The molecule has 0 saturated carbocycles. The zero-order valence-electron chi connectivity index (χ0n) is 11.7. The molecule has 2 heterocycles. The van der Waals surface area contributed by atoms with Crippen molar-refractivity contribution in [2.75, 3.05) is 11.6 Å².